The molecule has 2 N–H and O–H groups in total. The molecule has 3 aromatic rings. The van der Waals surface area contributed by atoms with Crippen molar-refractivity contribution in [2.75, 3.05) is 23.3 Å². The Hall–Kier alpha value is -3.61. The molecule has 1 aliphatic rings. The number of anilines is 2. The number of fused-ring (bicyclic) bond motifs is 1. The van der Waals surface area contributed by atoms with E-state index in [-0.39, 0.29) is 17.8 Å². The molecule has 0 radical (unpaired) electrons. The van der Waals surface area contributed by atoms with Crippen molar-refractivity contribution in [2.45, 2.75) is 25.9 Å². The minimum Gasteiger partial charge on any atom is -0.366 e. The maximum absolute atomic E-state index is 12.4. The number of hydrogen-bond donors (Lipinski definition) is 2. The number of aromatic nitrogens is 2. The highest BCUT2D eigenvalue weighted by molar-refractivity contribution is 5.89. The van der Waals surface area contributed by atoms with E-state index in [0.29, 0.717) is 18.8 Å². The minimum atomic E-state index is -0.300. The number of rotatable bonds is 6. The summed E-state index contributed by atoms with van der Waals surface area (Å²) in [5.74, 6) is 0. The van der Waals surface area contributed by atoms with E-state index in [1.54, 1.807) is 12.3 Å². The second kappa shape index (κ2) is 8.82. The van der Waals surface area contributed by atoms with Gasteiger partial charge in [-0.05, 0) is 48.7 Å². The van der Waals surface area contributed by atoms with Crippen LogP contribution in [0.2, 0.25) is 0 Å². The summed E-state index contributed by atoms with van der Waals surface area (Å²) in [5.41, 5.74) is 3.90. The lowest BCUT2D eigenvalue weighted by Gasteiger charge is -2.27. The van der Waals surface area contributed by atoms with Gasteiger partial charge in [0, 0.05) is 42.9 Å². The first-order valence-corrected chi connectivity index (χ1v) is 10.1. The molecule has 2 amide bonds. The third kappa shape index (κ3) is 4.51. The molecular formula is C23H25N5O2. The summed E-state index contributed by atoms with van der Waals surface area (Å²) >= 11 is 0. The quantitative estimate of drug-likeness (QED) is 0.663. The van der Waals surface area contributed by atoms with E-state index in [4.69, 9.17) is 0 Å². The lowest BCUT2D eigenvalue weighted by Crippen LogP contribution is -2.42. The van der Waals surface area contributed by atoms with Crippen LogP contribution in [-0.4, -0.2) is 34.7 Å². The predicted octanol–water partition coefficient (Wildman–Crippen LogP) is 2.86. The summed E-state index contributed by atoms with van der Waals surface area (Å²) in [4.78, 5) is 30.3. The van der Waals surface area contributed by atoms with E-state index in [1.165, 1.54) is 22.0 Å². The summed E-state index contributed by atoms with van der Waals surface area (Å²) in [7, 11) is 0. The Balaban J connectivity index is 1.32. The minimum absolute atomic E-state index is 0.197. The Labute approximate surface area is 175 Å². The Bertz CT molecular complexity index is 1090. The van der Waals surface area contributed by atoms with Gasteiger partial charge in [0.1, 0.15) is 0 Å². The monoisotopic (exact) mass is 403 g/mol. The van der Waals surface area contributed by atoms with Gasteiger partial charge in [-0.1, -0.05) is 30.3 Å². The van der Waals surface area contributed by atoms with Crippen LogP contribution < -0.4 is 21.2 Å². The predicted molar refractivity (Wildman–Crippen MR) is 118 cm³/mol. The van der Waals surface area contributed by atoms with Gasteiger partial charge in [-0.15, -0.1) is 0 Å². The fraction of sp³-hybridized carbons (Fsp3) is 0.261. The number of para-hydroxylation sites is 1. The van der Waals surface area contributed by atoms with Crippen LogP contribution >= 0.6 is 0 Å². The van der Waals surface area contributed by atoms with Crippen LogP contribution in [0, 0.1) is 0 Å². The Morgan fingerprint density at radius 1 is 1.17 bits per heavy atom. The largest absolute Gasteiger partial charge is 0.366 e. The van der Waals surface area contributed by atoms with E-state index < -0.39 is 0 Å². The molecule has 0 saturated carbocycles. The van der Waals surface area contributed by atoms with E-state index in [0.717, 1.165) is 18.5 Å². The van der Waals surface area contributed by atoms with Crippen LogP contribution in [0.1, 0.15) is 18.1 Å². The van der Waals surface area contributed by atoms with Crippen molar-refractivity contribution in [1.82, 2.24) is 14.9 Å². The molecule has 7 nitrogen and oxygen atoms in total. The summed E-state index contributed by atoms with van der Waals surface area (Å²) in [6.45, 7) is 4.04. The van der Waals surface area contributed by atoms with Crippen LogP contribution in [0.25, 0.3) is 0 Å². The Kier molecular flexibility index (Phi) is 5.79. The topological polar surface area (TPSA) is 79.3 Å². The number of benzene rings is 2. The molecule has 1 aliphatic heterocycles. The molecule has 2 aromatic carbocycles. The molecule has 154 valence electrons. The van der Waals surface area contributed by atoms with Gasteiger partial charge in [0.05, 0.1) is 6.54 Å². The second-order valence-electron chi connectivity index (χ2n) is 7.49. The van der Waals surface area contributed by atoms with Gasteiger partial charge in [0.15, 0.2) is 0 Å². The number of carbonyl (C=O) groups is 1. The van der Waals surface area contributed by atoms with Crippen molar-refractivity contribution in [3.63, 3.8) is 0 Å². The van der Waals surface area contributed by atoms with Crippen LogP contribution in [0.3, 0.4) is 0 Å². The van der Waals surface area contributed by atoms with Gasteiger partial charge in [-0.2, -0.15) is 0 Å². The number of amides is 2. The molecular weight excluding hydrogens is 378 g/mol. The summed E-state index contributed by atoms with van der Waals surface area (Å²) < 4.78 is 1.52. The van der Waals surface area contributed by atoms with Gasteiger partial charge in [-0.3, -0.25) is 4.57 Å². The van der Waals surface area contributed by atoms with E-state index in [1.807, 2.05) is 24.3 Å². The van der Waals surface area contributed by atoms with Crippen LogP contribution in [0.4, 0.5) is 16.2 Å². The highest BCUT2D eigenvalue weighted by Gasteiger charge is 2.23. The van der Waals surface area contributed by atoms with Crippen molar-refractivity contribution in [2.24, 2.45) is 0 Å². The molecule has 1 atom stereocenters. The molecule has 0 spiro atoms. The van der Waals surface area contributed by atoms with Crippen LogP contribution in [0.15, 0.2) is 71.8 Å². The molecule has 4 rings (SSSR count). The number of carbonyl (C=O) groups excluding carboxylic acids is 1. The van der Waals surface area contributed by atoms with Gasteiger partial charge >= 0.3 is 11.7 Å². The first kappa shape index (κ1) is 19.7. The molecule has 0 bridgehead atoms. The highest BCUT2D eigenvalue weighted by atomic mass is 16.2. The number of hydrogen-bond acceptors (Lipinski definition) is 4. The standard InChI is InChI=1S/C23H25N5O2/c1-17(28-13-10-19-7-2-3-9-21(19)28)15-25-22(29)26-20-8-4-6-18(14-20)16-27-12-5-11-24-23(27)30/h2-9,11-12,14,17H,10,13,15-16H2,1H3,(H2,25,26,29). The fourth-order valence-electron chi connectivity index (χ4n) is 3.80. The van der Waals surface area contributed by atoms with Crippen molar-refractivity contribution in [3.8, 4) is 0 Å². The molecule has 1 aromatic heterocycles. The zero-order valence-corrected chi connectivity index (χ0v) is 16.9. The maximum Gasteiger partial charge on any atom is 0.347 e. The normalized spacial score (nSPS) is 13.6. The molecule has 0 saturated heterocycles. The zero-order chi connectivity index (χ0) is 20.9. The Morgan fingerprint density at radius 2 is 2.03 bits per heavy atom. The first-order chi connectivity index (χ1) is 14.6. The number of nitrogens with zero attached hydrogens (tertiary/aromatic N) is 3. The fourth-order valence-corrected chi connectivity index (χ4v) is 3.80. The number of urea groups is 1. The van der Waals surface area contributed by atoms with E-state index in [9.17, 15) is 9.59 Å². The third-order valence-corrected chi connectivity index (χ3v) is 5.33. The highest BCUT2D eigenvalue weighted by Crippen LogP contribution is 2.28. The Morgan fingerprint density at radius 3 is 2.90 bits per heavy atom. The molecule has 0 fully saturated rings. The van der Waals surface area contributed by atoms with Gasteiger partial charge < -0.3 is 15.5 Å². The SMILES string of the molecule is CC(CNC(=O)Nc1cccc(Cn2cccnc2=O)c1)N1CCc2ccccc21. The molecule has 30 heavy (non-hydrogen) atoms. The average molecular weight is 403 g/mol. The van der Waals surface area contributed by atoms with Crippen LogP contribution in [0.5, 0.6) is 0 Å². The summed E-state index contributed by atoms with van der Waals surface area (Å²) in [6.07, 6.45) is 4.21. The third-order valence-electron chi connectivity index (χ3n) is 5.33. The first-order valence-electron chi connectivity index (χ1n) is 10.1. The van der Waals surface area contributed by atoms with Gasteiger partial charge in [0.25, 0.3) is 0 Å². The zero-order valence-electron chi connectivity index (χ0n) is 16.9. The van der Waals surface area contributed by atoms with Crippen molar-refractivity contribution >= 4 is 17.4 Å². The van der Waals surface area contributed by atoms with Crippen molar-refractivity contribution in [3.05, 3.63) is 88.6 Å². The molecule has 7 heteroatoms. The lowest BCUT2D eigenvalue weighted by atomic mass is 10.2. The van der Waals surface area contributed by atoms with Gasteiger partial charge in [-0.25, -0.2) is 14.6 Å². The molecule has 2 heterocycles. The maximum atomic E-state index is 12.4. The van der Waals surface area contributed by atoms with E-state index >= 15 is 0 Å². The van der Waals surface area contributed by atoms with Crippen molar-refractivity contribution in [1.29, 1.82) is 0 Å². The van der Waals surface area contributed by atoms with Gasteiger partial charge in [0.2, 0.25) is 0 Å². The molecule has 1 unspecified atom stereocenters. The summed E-state index contributed by atoms with van der Waals surface area (Å²) in [5, 5.41) is 5.84. The van der Waals surface area contributed by atoms with E-state index in [2.05, 4.69) is 51.7 Å². The smallest absolute Gasteiger partial charge is 0.347 e. The summed E-state index contributed by atoms with van der Waals surface area (Å²) in [6, 6.07) is 17.5. The number of nitrogens with one attached hydrogen (secondary N) is 2. The average Bonchev–Trinajstić information content (AvgIpc) is 3.18. The second-order valence-corrected chi connectivity index (χ2v) is 7.49. The van der Waals surface area contributed by atoms with Crippen molar-refractivity contribution < 1.29 is 4.79 Å². The molecule has 0 aliphatic carbocycles. The lowest BCUT2D eigenvalue weighted by molar-refractivity contribution is 0.251. The van der Waals surface area contributed by atoms with Crippen LogP contribution in [-0.2, 0) is 13.0 Å².